The number of para-hydroxylation sites is 1. The Morgan fingerprint density at radius 1 is 1.04 bits per heavy atom. The number of rotatable bonds is 6. The number of hydrogen-bond donors (Lipinski definition) is 1. The summed E-state index contributed by atoms with van der Waals surface area (Å²) in [5.41, 5.74) is 4.67. The summed E-state index contributed by atoms with van der Waals surface area (Å²) < 4.78 is 5.61. The molecule has 1 atom stereocenters. The maximum Gasteiger partial charge on any atom is 0.258 e. The Balaban J connectivity index is 1.97. The van der Waals surface area contributed by atoms with Gasteiger partial charge in [-0.15, -0.1) is 0 Å². The van der Waals surface area contributed by atoms with Crippen molar-refractivity contribution in [2.24, 2.45) is 0 Å². The van der Waals surface area contributed by atoms with Gasteiger partial charge in [0.2, 0.25) is 0 Å². The topological polar surface area (TPSA) is 38.3 Å². The van der Waals surface area contributed by atoms with Crippen LogP contribution in [0.1, 0.15) is 41.6 Å². The van der Waals surface area contributed by atoms with Gasteiger partial charge in [-0.25, -0.2) is 0 Å². The van der Waals surface area contributed by atoms with Crippen LogP contribution in [0.15, 0.2) is 42.5 Å². The zero-order valence-corrected chi connectivity index (χ0v) is 14.3. The minimum Gasteiger partial charge on any atom is -0.484 e. The molecule has 1 amide bonds. The number of ether oxygens (including phenoxy) is 1. The molecule has 0 aromatic heterocycles. The lowest BCUT2D eigenvalue weighted by Gasteiger charge is -2.19. The summed E-state index contributed by atoms with van der Waals surface area (Å²) in [6, 6.07) is 14.1. The van der Waals surface area contributed by atoms with Gasteiger partial charge in [0, 0.05) is 0 Å². The van der Waals surface area contributed by atoms with Crippen LogP contribution in [-0.2, 0) is 4.79 Å². The smallest absolute Gasteiger partial charge is 0.258 e. The summed E-state index contributed by atoms with van der Waals surface area (Å²) in [6.07, 6.45) is 0.846. The molecular weight excluding hydrogens is 286 g/mol. The highest BCUT2D eigenvalue weighted by molar-refractivity contribution is 5.78. The van der Waals surface area contributed by atoms with Gasteiger partial charge in [-0.1, -0.05) is 43.3 Å². The van der Waals surface area contributed by atoms with Crippen molar-refractivity contribution in [3.8, 4) is 5.75 Å². The molecule has 0 spiro atoms. The Kier molecular flexibility index (Phi) is 5.80. The molecule has 2 aromatic rings. The number of carbonyl (C=O) groups is 1. The molecule has 0 radical (unpaired) electrons. The maximum absolute atomic E-state index is 12.2. The normalized spacial score (nSPS) is 11.8. The predicted molar refractivity (Wildman–Crippen MR) is 93.8 cm³/mol. The number of aryl methyl sites for hydroxylation is 3. The average molecular weight is 311 g/mol. The van der Waals surface area contributed by atoms with E-state index in [0.717, 1.165) is 23.3 Å². The van der Waals surface area contributed by atoms with Gasteiger partial charge in [0.15, 0.2) is 6.61 Å². The van der Waals surface area contributed by atoms with E-state index in [2.05, 4.69) is 44.3 Å². The Morgan fingerprint density at radius 2 is 1.78 bits per heavy atom. The summed E-state index contributed by atoms with van der Waals surface area (Å²) in [5, 5.41) is 3.06. The predicted octanol–water partition coefficient (Wildman–Crippen LogP) is 4.26. The monoisotopic (exact) mass is 311 g/mol. The van der Waals surface area contributed by atoms with E-state index in [-0.39, 0.29) is 18.6 Å². The lowest BCUT2D eigenvalue weighted by molar-refractivity contribution is -0.123. The first-order valence-corrected chi connectivity index (χ1v) is 8.06. The second-order valence-electron chi connectivity index (χ2n) is 5.93. The largest absolute Gasteiger partial charge is 0.484 e. The summed E-state index contributed by atoms with van der Waals surface area (Å²) in [7, 11) is 0. The molecule has 0 unspecified atom stereocenters. The zero-order chi connectivity index (χ0) is 16.8. The van der Waals surface area contributed by atoms with Gasteiger partial charge in [-0.2, -0.15) is 0 Å². The van der Waals surface area contributed by atoms with Crippen molar-refractivity contribution in [3.05, 3.63) is 64.7 Å². The Labute approximate surface area is 138 Å². The second-order valence-corrected chi connectivity index (χ2v) is 5.93. The van der Waals surface area contributed by atoms with Crippen molar-refractivity contribution < 1.29 is 9.53 Å². The molecule has 3 heteroatoms. The van der Waals surface area contributed by atoms with E-state index in [1.165, 1.54) is 11.1 Å². The van der Waals surface area contributed by atoms with Crippen molar-refractivity contribution in [2.75, 3.05) is 6.61 Å². The van der Waals surface area contributed by atoms with E-state index < -0.39 is 0 Å². The van der Waals surface area contributed by atoms with Crippen LogP contribution in [0.25, 0.3) is 0 Å². The van der Waals surface area contributed by atoms with Crippen molar-refractivity contribution in [2.45, 2.75) is 40.2 Å². The summed E-state index contributed by atoms with van der Waals surface area (Å²) in [5.74, 6) is 0.653. The van der Waals surface area contributed by atoms with Crippen molar-refractivity contribution in [3.63, 3.8) is 0 Å². The molecule has 0 saturated heterocycles. The minimum absolute atomic E-state index is 0.0160. The lowest BCUT2D eigenvalue weighted by Crippen LogP contribution is -2.32. The standard InChI is InChI=1S/C20H25NO2/c1-5-18(17-11-10-14(2)16(4)12-17)21-20(22)13-23-19-9-7-6-8-15(19)3/h6-12,18H,5,13H2,1-4H3,(H,21,22)/t18-/m1/s1. The Bertz CT molecular complexity index is 679. The van der Waals surface area contributed by atoms with Gasteiger partial charge in [-0.05, 0) is 55.5 Å². The number of carbonyl (C=O) groups excluding carboxylic acids is 1. The van der Waals surface area contributed by atoms with E-state index in [1.54, 1.807) is 0 Å². The quantitative estimate of drug-likeness (QED) is 0.865. The van der Waals surface area contributed by atoms with E-state index >= 15 is 0 Å². The van der Waals surface area contributed by atoms with Gasteiger partial charge in [0.1, 0.15) is 5.75 Å². The van der Waals surface area contributed by atoms with Gasteiger partial charge in [-0.3, -0.25) is 4.79 Å². The van der Waals surface area contributed by atoms with Crippen LogP contribution < -0.4 is 10.1 Å². The second kappa shape index (κ2) is 7.82. The first-order valence-electron chi connectivity index (χ1n) is 8.06. The molecule has 0 aliphatic carbocycles. The zero-order valence-electron chi connectivity index (χ0n) is 14.3. The molecule has 0 saturated carbocycles. The number of nitrogens with one attached hydrogen (secondary N) is 1. The van der Waals surface area contributed by atoms with Crippen molar-refractivity contribution >= 4 is 5.91 Å². The number of amides is 1. The summed E-state index contributed by atoms with van der Waals surface area (Å²) >= 11 is 0. The van der Waals surface area contributed by atoms with Crippen LogP contribution in [0.2, 0.25) is 0 Å². The SMILES string of the molecule is CC[C@@H](NC(=O)COc1ccccc1C)c1ccc(C)c(C)c1. The Morgan fingerprint density at radius 3 is 2.43 bits per heavy atom. The number of benzene rings is 2. The third kappa shape index (κ3) is 4.59. The molecule has 2 aromatic carbocycles. The molecule has 0 bridgehead atoms. The highest BCUT2D eigenvalue weighted by Crippen LogP contribution is 2.20. The van der Waals surface area contributed by atoms with E-state index in [1.807, 2.05) is 31.2 Å². The van der Waals surface area contributed by atoms with Gasteiger partial charge in [0.25, 0.3) is 5.91 Å². The highest BCUT2D eigenvalue weighted by atomic mass is 16.5. The van der Waals surface area contributed by atoms with Crippen molar-refractivity contribution in [1.29, 1.82) is 0 Å². The van der Waals surface area contributed by atoms with Crippen LogP contribution in [0, 0.1) is 20.8 Å². The van der Waals surface area contributed by atoms with E-state index in [9.17, 15) is 4.79 Å². The maximum atomic E-state index is 12.2. The van der Waals surface area contributed by atoms with Gasteiger partial charge >= 0.3 is 0 Å². The molecule has 0 fully saturated rings. The lowest BCUT2D eigenvalue weighted by atomic mass is 9.99. The third-order valence-electron chi connectivity index (χ3n) is 4.13. The van der Waals surface area contributed by atoms with Gasteiger partial charge < -0.3 is 10.1 Å². The molecule has 0 aliphatic rings. The third-order valence-corrected chi connectivity index (χ3v) is 4.13. The molecular formula is C20H25NO2. The molecule has 122 valence electrons. The van der Waals surface area contributed by atoms with E-state index in [0.29, 0.717) is 0 Å². The first-order chi connectivity index (χ1) is 11.0. The summed E-state index contributed by atoms with van der Waals surface area (Å²) in [6.45, 7) is 8.26. The first kappa shape index (κ1) is 17.1. The fourth-order valence-electron chi connectivity index (χ4n) is 2.50. The molecule has 0 heterocycles. The number of hydrogen-bond acceptors (Lipinski definition) is 2. The highest BCUT2D eigenvalue weighted by Gasteiger charge is 2.14. The molecule has 2 rings (SSSR count). The summed E-state index contributed by atoms with van der Waals surface area (Å²) in [4.78, 5) is 12.2. The molecule has 23 heavy (non-hydrogen) atoms. The minimum atomic E-state index is -0.0988. The fraction of sp³-hybridized carbons (Fsp3) is 0.350. The van der Waals surface area contributed by atoms with Crippen LogP contribution in [0.5, 0.6) is 5.75 Å². The molecule has 3 nitrogen and oxygen atoms in total. The molecule has 0 aliphatic heterocycles. The van der Waals surface area contributed by atoms with Crippen LogP contribution in [-0.4, -0.2) is 12.5 Å². The van der Waals surface area contributed by atoms with Gasteiger partial charge in [0.05, 0.1) is 6.04 Å². The van der Waals surface area contributed by atoms with Crippen LogP contribution in [0.4, 0.5) is 0 Å². The fourth-order valence-corrected chi connectivity index (χ4v) is 2.50. The van der Waals surface area contributed by atoms with Crippen molar-refractivity contribution in [1.82, 2.24) is 5.32 Å². The average Bonchev–Trinajstić information content (AvgIpc) is 2.54. The Hall–Kier alpha value is -2.29. The van der Waals surface area contributed by atoms with Crippen LogP contribution in [0.3, 0.4) is 0 Å². The molecule has 1 N–H and O–H groups in total. The van der Waals surface area contributed by atoms with Crippen LogP contribution >= 0.6 is 0 Å². The van der Waals surface area contributed by atoms with E-state index in [4.69, 9.17) is 4.74 Å².